The van der Waals surface area contributed by atoms with Crippen molar-refractivity contribution in [3.8, 4) is 0 Å². The van der Waals surface area contributed by atoms with E-state index in [2.05, 4.69) is 20.8 Å². The topological polar surface area (TPSA) is 495 Å². The molecule has 38 atom stereocenters. The maximum atomic E-state index is 14.5. The summed E-state index contributed by atoms with van der Waals surface area (Å²) < 4.78 is 82.5. The van der Waals surface area contributed by atoms with Crippen molar-refractivity contribution in [2.24, 2.45) is 50.2 Å². The minimum absolute atomic E-state index is 0.0505. The zero-order chi connectivity index (χ0) is 78.2. The molecular weight excluding hydrogens is 1420 g/mol. The number of benzene rings is 2. The van der Waals surface area contributed by atoms with Gasteiger partial charge in [0.2, 0.25) is 0 Å². The van der Waals surface area contributed by atoms with Crippen LogP contribution in [0.1, 0.15) is 136 Å². The van der Waals surface area contributed by atoms with Gasteiger partial charge in [-0.3, -0.25) is 4.79 Å². The molecule has 606 valence electrons. The van der Waals surface area contributed by atoms with Crippen LogP contribution >= 0.6 is 0 Å². The number of ether oxygens (including phenoxy) is 13. The van der Waals surface area contributed by atoms with Crippen LogP contribution < -0.4 is 0 Å². The van der Waals surface area contributed by atoms with Gasteiger partial charge in [0.05, 0.1) is 54.2 Å². The number of fused-ring (bicyclic) bond motifs is 4. The molecule has 13 rings (SSSR count). The molecule has 6 aliphatic heterocycles. The van der Waals surface area contributed by atoms with E-state index in [9.17, 15) is 96.1 Å². The molecule has 5 saturated carbocycles. The van der Waals surface area contributed by atoms with Crippen LogP contribution in [0.4, 0.5) is 0 Å². The van der Waals surface area contributed by atoms with Gasteiger partial charge < -0.3 is 143 Å². The maximum absolute atomic E-state index is 14.5. The lowest BCUT2D eigenvalue weighted by atomic mass is 9.30. The molecule has 108 heavy (non-hydrogen) atoms. The molecule has 0 amide bonds. The van der Waals surface area contributed by atoms with Gasteiger partial charge in [-0.05, 0) is 117 Å². The predicted octanol–water partition coefficient (Wildman–Crippen LogP) is -1.07. The van der Waals surface area contributed by atoms with E-state index in [0.717, 1.165) is 5.56 Å². The van der Waals surface area contributed by atoms with Gasteiger partial charge in [-0.25, -0.2) is 9.59 Å². The first-order valence-electron chi connectivity index (χ1n) is 37.9. The largest absolute Gasteiger partial charge is 0.479 e. The summed E-state index contributed by atoms with van der Waals surface area (Å²) in [5.41, 5.74) is -5.57. The summed E-state index contributed by atoms with van der Waals surface area (Å²) in [5, 5.41) is 183. The molecule has 1 spiro atoms. The van der Waals surface area contributed by atoms with Crippen LogP contribution in [0.2, 0.25) is 0 Å². The summed E-state index contributed by atoms with van der Waals surface area (Å²) in [4.78, 5) is 42.3. The molecule has 5 aliphatic carbocycles. The van der Waals surface area contributed by atoms with Crippen LogP contribution in [0.15, 0.2) is 60.7 Å². The number of hydrogen-bond acceptors (Lipinski definition) is 31. The van der Waals surface area contributed by atoms with Crippen molar-refractivity contribution >= 4 is 17.9 Å². The summed E-state index contributed by atoms with van der Waals surface area (Å²) in [5.74, 6) is -4.03. The minimum atomic E-state index is -2.38. The van der Waals surface area contributed by atoms with Crippen LogP contribution in [-0.2, 0) is 77.6 Å². The molecule has 32 heteroatoms. The molecule has 0 aromatic heterocycles. The Hall–Kier alpha value is -4.19. The Balaban J connectivity index is 0.805. The number of hydrogen-bond donors (Lipinski definition) is 16. The summed E-state index contributed by atoms with van der Waals surface area (Å²) in [6, 6.07) is 17.8. The second-order valence-corrected chi connectivity index (χ2v) is 34.3. The third-order valence-electron chi connectivity index (χ3n) is 27.8. The molecule has 1 unspecified atom stereocenters. The molecular formula is C76H110O32. The smallest absolute Gasteiger partial charge is 0.338 e. The predicted molar refractivity (Wildman–Crippen MR) is 365 cm³/mol. The summed E-state index contributed by atoms with van der Waals surface area (Å²) >= 11 is 0. The van der Waals surface area contributed by atoms with Gasteiger partial charge in [-0.2, -0.15) is 0 Å². The molecule has 6 saturated heterocycles. The molecule has 32 nitrogen and oxygen atoms in total. The average molecular weight is 1540 g/mol. The van der Waals surface area contributed by atoms with Crippen LogP contribution in [0, 0.1) is 50.2 Å². The number of aliphatic hydroxyl groups is 15. The summed E-state index contributed by atoms with van der Waals surface area (Å²) in [7, 11) is 0. The number of carbonyl (C=O) groups excluding carboxylic acids is 2. The van der Waals surface area contributed by atoms with Crippen molar-refractivity contribution in [2.45, 2.75) is 316 Å². The van der Waals surface area contributed by atoms with E-state index < -0.39 is 259 Å². The van der Waals surface area contributed by atoms with E-state index in [1.807, 2.05) is 58.0 Å². The van der Waals surface area contributed by atoms with Gasteiger partial charge in [0.15, 0.2) is 49.9 Å². The lowest BCUT2D eigenvalue weighted by molar-refractivity contribution is -0.412. The zero-order valence-corrected chi connectivity index (χ0v) is 62.0. The second-order valence-electron chi connectivity index (χ2n) is 34.3. The maximum Gasteiger partial charge on any atom is 0.338 e. The lowest BCUT2D eigenvalue weighted by Gasteiger charge is -2.75. The monoisotopic (exact) mass is 1530 g/mol. The minimum Gasteiger partial charge on any atom is -0.479 e. The van der Waals surface area contributed by atoms with E-state index in [-0.39, 0.29) is 36.7 Å². The van der Waals surface area contributed by atoms with Crippen LogP contribution in [0.25, 0.3) is 0 Å². The molecule has 2 aromatic rings. The van der Waals surface area contributed by atoms with Crippen LogP contribution in [-0.4, -0.2) is 303 Å². The van der Waals surface area contributed by atoms with E-state index in [4.69, 9.17) is 61.6 Å². The van der Waals surface area contributed by atoms with Crippen LogP contribution in [0.5, 0.6) is 0 Å². The van der Waals surface area contributed by atoms with Crippen molar-refractivity contribution in [2.75, 3.05) is 13.2 Å². The highest BCUT2D eigenvalue weighted by Crippen LogP contribution is 2.82. The molecule has 2 bridgehead atoms. The highest BCUT2D eigenvalue weighted by molar-refractivity contribution is 5.89. The van der Waals surface area contributed by atoms with E-state index in [1.165, 1.54) is 13.8 Å². The quantitative estimate of drug-likeness (QED) is 0.0588. The van der Waals surface area contributed by atoms with Gasteiger partial charge in [-0.15, -0.1) is 0 Å². The molecule has 0 radical (unpaired) electrons. The van der Waals surface area contributed by atoms with E-state index in [0.29, 0.717) is 44.9 Å². The zero-order valence-electron chi connectivity index (χ0n) is 62.0. The Labute approximate surface area is 624 Å². The number of esters is 2. The fraction of sp³-hybridized carbons (Fsp3) is 0.803. The first-order chi connectivity index (χ1) is 50.9. The normalized spacial score (nSPS) is 50.2. The number of rotatable bonds is 19. The number of carbonyl (C=O) groups is 3. The SMILES string of the molecule is C[C@@H]1O[C@@H](O[C@H]2[C@H](O[C@H]3[C@H](O[C@H]4[C@H](O)[C@@H](C(=O)O)O[C@@H](O[C@H]5CC[C@]6(C)[C@H]7CC[C@@]89OC(O)[C@@]%10([C@H](O)C[C@@]8(C)[C@]7(C)CC[C@H]6C5(C)C)[C@H]9CC(C)(C)[C@@H](OC(=O)c5ccccc5)[C@@H]%10OC(=O)CCc5ccccc5)[C@@H]4O[C@@H]4O[C@H](CO)[C@H](O)[C@H](O)[C@H]4O)O[C@H](CO)[C@H](O)[C@@H]3O)O[C@@H](C)[C@H](O)[C@H]2O)[C@H](O)[C@H](O)[C@H]1O. The third kappa shape index (κ3) is 13.4. The van der Waals surface area contributed by atoms with Gasteiger partial charge in [-0.1, -0.05) is 97.0 Å². The standard InChI is InChI=1S/C76H110O32/c1-32-44(81)48(85)52(89)64(96-32)104-57-50(87)45(82)33(2)97-66(57)105-58-51(88)47(84)37(31-78)99-67(58)102-55-54(91)56(62(92)93)103-68(59(55)106-65-53(90)49(86)46(83)36(30-77)98-65)100-42-24-25-72(7)38(71(42,5)6)22-26-73(8)39(72)23-27-75-40-28-70(3,4)60(107-63(94)35-18-14-11-15-19-35)61(101-43(80)21-20-34-16-12-10-13-17-34)76(40,69(95)108-75)41(79)29-74(73,75)9/h10-19,32-33,36-42,44-61,64-69,77-79,81-91,95H,20-31H2,1-9H3,(H,92,93)/t32-,33-,36+,37+,38-,39+,40-,41+,42-,44-,45-,46-,47-,48+,49-,50+,51-,52+,53+,54-,55-,56-,57+,58+,59+,60-,61-,64-,65-,66-,67-,68+,69?,72-,73+,74-,75-,76+/m0/s1. The van der Waals surface area contributed by atoms with Crippen molar-refractivity contribution in [3.63, 3.8) is 0 Å². The molecule has 2 aromatic carbocycles. The highest BCUT2D eigenvalue weighted by Gasteiger charge is 2.86. The number of carboxylic acids is 1. The Morgan fingerprint density at radius 2 is 1.01 bits per heavy atom. The first-order valence-corrected chi connectivity index (χ1v) is 37.9. The number of aliphatic carboxylic acids is 1. The molecule has 11 aliphatic rings. The lowest BCUT2D eigenvalue weighted by Crippen LogP contribution is -2.77. The van der Waals surface area contributed by atoms with E-state index >= 15 is 0 Å². The Kier molecular flexibility index (Phi) is 23.1. The Morgan fingerprint density at radius 3 is 1.64 bits per heavy atom. The number of aryl methyl sites for hydroxylation is 1. The Morgan fingerprint density at radius 1 is 0.491 bits per heavy atom. The first kappa shape index (κ1) is 81.8. The molecule has 11 fully saturated rings. The number of carboxylic acid groups (broad SMARTS) is 1. The third-order valence-corrected chi connectivity index (χ3v) is 27.8. The van der Waals surface area contributed by atoms with Crippen molar-refractivity contribution < 1.29 is 158 Å². The van der Waals surface area contributed by atoms with E-state index in [1.54, 1.807) is 30.3 Å². The summed E-state index contributed by atoms with van der Waals surface area (Å²) in [6.45, 7) is 15.2. The molecule has 16 N–H and O–H groups in total. The van der Waals surface area contributed by atoms with Crippen molar-refractivity contribution in [1.29, 1.82) is 0 Å². The number of aliphatic hydroxyl groups excluding tert-OH is 15. The van der Waals surface area contributed by atoms with Crippen LogP contribution in [0.3, 0.4) is 0 Å². The van der Waals surface area contributed by atoms with Gasteiger partial charge in [0, 0.05) is 23.2 Å². The molecule has 6 heterocycles. The highest BCUT2D eigenvalue weighted by atomic mass is 16.8. The van der Waals surface area contributed by atoms with Crippen molar-refractivity contribution in [3.05, 3.63) is 71.8 Å². The second kappa shape index (κ2) is 30.5. The average Bonchev–Trinajstić information content (AvgIpc) is 1.40. The summed E-state index contributed by atoms with van der Waals surface area (Å²) in [6.07, 6.45) is -51.5. The van der Waals surface area contributed by atoms with Gasteiger partial charge in [0.25, 0.3) is 0 Å². The Bertz CT molecular complexity index is 3470. The van der Waals surface area contributed by atoms with Gasteiger partial charge in [0.1, 0.15) is 110 Å². The van der Waals surface area contributed by atoms with Gasteiger partial charge >= 0.3 is 17.9 Å². The fourth-order valence-electron chi connectivity index (χ4n) is 21.8. The van der Waals surface area contributed by atoms with Crippen molar-refractivity contribution in [1.82, 2.24) is 0 Å². The fourth-order valence-corrected chi connectivity index (χ4v) is 21.8.